The number of ether oxygens (including phenoxy) is 1. The van der Waals surface area contributed by atoms with Crippen LogP contribution in [-0.2, 0) is 27.8 Å². The van der Waals surface area contributed by atoms with Gasteiger partial charge in [-0.3, -0.25) is 14.3 Å². The zero-order valence-electron chi connectivity index (χ0n) is 25.9. The van der Waals surface area contributed by atoms with Gasteiger partial charge in [0.25, 0.3) is 0 Å². The van der Waals surface area contributed by atoms with Crippen LogP contribution in [0.15, 0.2) is 72.1 Å². The molecule has 2 aliphatic heterocycles. The maximum absolute atomic E-state index is 14.9. The highest BCUT2D eigenvalue weighted by Crippen LogP contribution is 2.55. The Balaban J connectivity index is 1.78. The first-order chi connectivity index (χ1) is 18.9. The molecule has 0 aromatic heterocycles. The minimum Gasteiger partial charge on any atom is -0.455 e. The second-order valence-corrected chi connectivity index (χ2v) is 20.7. The quantitative estimate of drug-likeness (QED) is 0.152. The van der Waals surface area contributed by atoms with Crippen molar-refractivity contribution in [2.45, 2.75) is 91.3 Å². The molecule has 222 valence electrons. The van der Waals surface area contributed by atoms with Crippen molar-refractivity contribution in [3.8, 4) is 0 Å². The second-order valence-electron chi connectivity index (χ2n) is 13.6. The lowest BCUT2D eigenvalue weighted by Gasteiger charge is -2.49. The zero-order chi connectivity index (χ0) is 30.5. The lowest BCUT2D eigenvalue weighted by Crippen LogP contribution is -2.65. The average molecular weight is 598 g/mol. The third-order valence-corrected chi connectivity index (χ3v) is 15.4. The molecule has 2 aliphatic rings. The molecule has 4 atom stereocenters. The topological polar surface area (TPSA) is 82.1 Å². The van der Waals surface area contributed by atoms with Gasteiger partial charge in [0.2, 0.25) is 5.91 Å². The van der Waals surface area contributed by atoms with Crippen LogP contribution in [0, 0.1) is 11.8 Å². The van der Waals surface area contributed by atoms with Crippen molar-refractivity contribution < 1.29 is 27.8 Å². The number of hydrogen-bond acceptors (Lipinski definition) is 6. The highest BCUT2D eigenvalue weighted by Gasteiger charge is 2.63. The molecule has 0 unspecified atom stereocenters. The predicted octanol–water partition coefficient (Wildman–Crippen LogP) is 6.37. The number of esters is 1. The van der Waals surface area contributed by atoms with E-state index in [1.165, 1.54) is 4.90 Å². The van der Waals surface area contributed by atoms with Gasteiger partial charge < -0.3 is 13.7 Å². The highest BCUT2D eigenvalue weighted by atomic mass is 31.2. The van der Waals surface area contributed by atoms with Crippen molar-refractivity contribution >= 4 is 38.2 Å². The van der Waals surface area contributed by atoms with E-state index in [2.05, 4.69) is 33.9 Å². The summed E-state index contributed by atoms with van der Waals surface area (Å²) in [7, 11) is -5.89. The summed E-state index contributed by atoms with van der Waals surface area (Å²) in [5.41, 5.74) is -0.768. The first kappa shape index (κ1) is 31.3. The number of rotatable bonds is 8. The van der Waals surface area contributed by atoms with E-state index in [1.807, 2.05) is 50.2 Å². The maximum Gasteiger partial charge on any atom is 0.359 e. The molecule has 41 heavy (non-hydrogen) atoms. The van der Waals surface area contributed by atoms with Gasteiger partial charge in [0.05, 0.1) is 28.7 Å². The lowest BCUT2D eigenvalue weighted by atomic mass is 9.79. The molecular formula is C32H44NO6PSi. The third kappa shape index (κ3) is 5.84. The molecule has 2 aromatic carbocycles. The van der Waals surface area contributed by atoms with Crippen molar-refractivity contribution in [2.24, 2.45) is 11.8 Å². The van der Waals surface area contributed by atoms with Gasteiger partial charge in [-0.1, -0.05) is 64.1 Å². The number of carbonyl (C=O) groups excluding carboxylic acids is 2. The Morgan fingerprint density at radius 2 is 1.41 bits per heavy atom. The van der Waals surface area contributed by atoms with Crippen molar-refractivity contribution in [1.82, 2.24) is 4.90 Å². The van der Waals surface area contributed by atoms with E-state index in [1.54, 1.807) is 45.0 Å². The van der Waals surface area contributed by atoms with Crippen molar-refractivity contribution in [2.75, 3.05) is 0 Å². The average Bonchev–Trinajstić information content (AvgIpc) is 3.11. The summed E-state index contributed by atoms with van der Waals surface area (Å²) in [5, 5.41) is 0.976. The zero-order valence-corrected chi connectivity index (χ0v) is 27.8. The van der Waals surface area contributed by atoms with Gasteiger partial charge in [-0.05, 0) is 70.1 Å². The first-order valence-corrected chi connectivity index (χ1v) is 18.8. The molecule has 0 radical (unpaired) electrons. The molecule has 1 saturated heterocycles. The standard InChI is InChI=1S/C32H44NO6PSi/c1-21-26-25(22(2)39-41(9,10)32(6,7)8)29(34)33(26)27(30(35)37-31(3,4)5)28(21)38-40(36,23-17-13-11-14-18-23)24-19-15-12-16-20-24/h11-22,25-26H,1-10H3/t21-,22-,25+,26-/m1/s1. The number of amides is 1. The Morgan fingerprint density at radius 1 is 0.927 bits per heavy atom. The smallest absolute Gasteiger partial charge is 0.359 e. The van der Waals surface area contributed by atoms with Crippen LogP contribution in [0.3, 0.4) is 0 Å². The van der Waals surface area contributed by atoms with Crippen LogP contribution < -0.4 is 10.6 Å². The van der Waals surface area contributed by atoms with Crippen LogP contribution in [0.1, 0.15) is 55.4 Å². The van der Waals surface area contributed by atoms with Gasteiger partial charge in [-0.15, -0.1) is 0 Å². The second kappa shape index (κ2) is 10.9. The summed E-state index contributed by atoms with van der Waals surface area (Å²) < 4.78 is 33.8. The van der Waals surface area contributed by atoms with Gasteiger partial charge in [0.1, 0.15) is 11.4 Å². The Morgan fingerprint density at radius 3 is 1.85 bits per heavy atom. The number of nitrogens with zero attached hydrogens (tertiary/aromatic N) is 1. The molecular weight excluding hydrogens is 553 g/mol. The molecule has 0 N–H and O–H groups in total. The van der Waals surface area contributed by atoms with Crippen LogP contribution in [0.25, 0.3) is 0 Å². The van der Waals surface area contributed by atoms with Crippen LogP contribution in [0.4, 0.5) is 0 Å². The van der Waals surface area contributed by atoms with Crippen LogP contribution in [-0.4, -0.2) is 42.8 Å². The predicted molar refractivity (Wildman–Crippen MR) is 165 cm³/mol. The van der Waals surface area contributed by atoms with Crippen LogP contribution >= 0.6 is 7.37 Å². The number of hydrogen-bond donors (Lipinski definition) is 0. The molecule has 0 spiro atoms. The van der Waals surface area contributed by atoms with Gasteiger partial charge in [0, 0.05) is 5.92 Å². The largest absolute Gasteiger partial charge is 0.455 e. The summed E-state index contributed by atoms with van der Waals surface area (Å²) in [5.74, 6) is -1.53. The van der Waals surface area contributed by atoms with Gasteiger partial charge >= 0.3 is 13.3 Å². The monoisotopic (exact) mass is 597 g/mol. The fourth-order valence-corrected chi connectivity index (χ4v) is 8.90. The molecule has 0 saturated carbocycles. The molecule has 2 aromatic rings. The Bertz CT molecular complexity index is 1330. The van der Waals surface area contributed by atoms with Crippen molar-refractivity contribution in [3.63, 3.8) is 0 Å². The van der Waals surface area contributed by atoms with Crippen LogP contribution in [0.5, 0.6) is 0 Å². The van der Waals surface area contributed by atoms with E-state index >= 15 is 0 Å². The fraction of sp³-hybridized carbons (Fsp3) is 0.500. The van der Waals surface area contributed by atoms with Crippen LogP contribution in [0.2, 0.25) is 18.1 Å². The van der Waals surface area contributed by atoms with E-state index in [0.29, 0.717) is 10.6 Å². The Kier molecular flexibility index (Phi) is 8.29. The summed E-state index contributed by atoms with van der Waals surface area (Å²) >= 11 is 0. The summed E-state index contributed by atoms with van der Waals surface area (Å²) in [4.78, 5) is 29.0. The molecule has 7 nitrogen and oxygen atoms in total. The number of β-lactam (4-membered cyclic amide) rings is 1. The van der Waals surface area contributed by atoms with Crippen molar-refractivity contribution in [3.05, 3.63) is 72.1 Å². The molecule has 2 heterocycles. The van der Waals surface area contributed by atoms with E-state index < -0.39 is 39.1 Å². The Hall–Kier alpha value is -2.67. The van der Waals surface area contributed by atoms with Crippen molar-refractivity contribution in [1.29, 1.82) is 0 Å². The van der Waals surface area contributed by atoms with E-state index in [-0.39, 0.29) is 34.5 Å². The molecule has 0 bridgehead atoms. The number of carbonyl (C=O) groups is 2. The highest BCUT2D eigenvalue weighted by molar-refractivity contribution is 7.74. The Labute approximate surface area is 245 Å². The number of fused-ring (bicyclic) bond motifs is 1. The van der Waals surface area contributed by atoms with Gasteiger partial charge in [-0.2, -0.15) is 0 Å². The van der Waals surface area contributed by atoms with Gasteiger partial charge in [-0.25, -0.2) is 4.79 Å². The normalized spacial score (nSPS) is 22.2. The minimum absolute atomic E-state index is 0.0265. The lowest BCUT2D eigenvalue weighted by molar-refractivity contribution is -0.166. The maximum atomic E-state index is 14.9. The SMILES string of the molecule is C[C@@H](O[Si](C)(C)C(C)(C)C)[C@@H]1C(=O)N2C(C(=O)OC(C)(C)C)=C(OP(=O)(c3ccccc3)c3ccccc3)[C@H](C)[C@H]12. The minimum atomic E-state index is -3.71. The van der Waals surface area contributed by atoms with E-state index in [9.17, 15) is 14.2 Å². The van der Waals surface area contributed by atoms with Gasteiger partial charge in [0.15, 0.2) is 14.0 Å². The van der Waals surface area contributed by atoms with E-state index in [4.69, 9.17) is 13.7 Å². The molecule has 1 amide bonds. The molecule has 1 fully saturated rings. The summed E-state index contributed by atoms with van der Waals surface area (Å²) in [6.45, 7) is 20.0. The fourth-order valence-electron chi connectivity index (χ4n) is 5.30. The molecule has 9 heteroatoms. The van der Waals surface area contributed by atoms with E-state index in [0.717, 1.165) is 0 Å². The number of benzene rings is 2. The molecule has 4 rings (SSSR count). The third-order valence-electron chi connectivity index (χ3n) is 8.39. The summed E-state index contributed by atoms with van der Waals surface area (Å²) in [6, 6.07) is 17.6. The summed E-state index contributed by atoms with van der Waals surface area (Å²) in [6.07, 6.45) is -0.360. The first-order valence-electron chi connectivity index (χ1n) is 14.3. The molecule has 0 aliphatic carbocycles.